The monoisotopic (exact) mass is 557 g/mol. The van der Waals surface area contributed by atoms with Crippen molar-refractivity contribution in [3.63, 3.8) is 0 Å². The number of rotatable bonds is 6. The summed E-state index contributed by atoms with van der Waals surface area (Å²) in [4.78, 5) is 32.3. The lowest BCUT2D eigenvalue weighted by molar-refractivity contribution is -0.197. The van der Waals surface area contributed by atoms with Gasteiger partial charge in [-0.05, 0) is 69.9 Å². The minimum atomic E-state index is -1.06. The van der Waals surface area contributed by atoms with Crippen LogP contribution in [0.1, 0.15) is 69.9 Å². The molecule has 6 nitrogen and oxygen atoms in total. The van der Waals surface area contributed by atoms with Crippen molar-refractivity contribution in [2.24, 2.45) is 28.6 Å². The zero-order valence-electron chi connectivity index (χ0n) is 23.0. The molecule has 1 saturated heterocycles. The Labute approximate surface area is 233 Å². The quantitative estimate of drug-likeness (QED) is 0.456. The molecule has 5 unspecified atom stereocenters. The molecule has 4 aliphatic carbocycles. The van der Waals surface area contributed by atoms with Crippen molar-refractivity contribution in [2.45, 2.75) is 102 Å². The van der Waals surface area contributed by atoms with Crippen LogP contribution in [0, 0.1) is 42.4 Å². The van der Waals surface area contributed by atoms with Crippen molar-refractivity contribution in [1.82, 2.24) is 4.98 Å². The van der Waals surface area contributed by atoms with Gasteiger partial charge in [-0.1, -0.05) is 50.6 Å². The van der Waals surface area contributed by atoms with E-state index in [1.807, 2.05) is 13.0 Å². The van der Waals surface area contributed by atoms with Gasteiger partial charge in [0.25, 0.3) is 0 Å². The van der Waals surface area contributed by atoms with Gasteiger partial charge in [-0.15, -0.1) is 11.3 Å². The maximum Gasteiger partial charge on any atom is 0.178 e. The number of thioether (sulfide) groups is 1. The van der Waals surface area contributed by atoms with Crippen molar-refractivity contribution in [3.8, 4) is 0 Å². The summed E-state index contributed by atoms with van der Waals surface area (Å²) in [7, 11) is 0. The number of hydrogen-bond donors (Lipinski definition) is 1. The summed E-state index contributed by atoms with van der Waals surface area (Å²) >= 11 is 3.13. The summed E-state index contributed by atoms with van der Waals surface area (Å²) in [5.74, 6) is 0.834. The van der Waals surface area contributed by atoms with Gasteiger partial charge < -0.3 is 14.6 Å². The number of thiazole rings is 1. The summed E-state index contributed by atoms with van der Waals surface area (Å²) in [6, 6.07) is 0. The molecule has 0 aromatic carbocycles. The fourth-order valence-corrected chi connectivity index (χ4v) is 10.8. The standard InChI is InChI=1S/C30H39NO5S2/c1-6-7-25-35-24-13-21-20-9-8-18-12-19(32)10-11-28(18,4)26(20)22(33)14-29(21,5)30(24,36-25)23(34)15-37-27-31-16(2)17(3)38-27/h10-12,20-22,24-26,33H,6-9,13-15H2,1-5H3/t20?,21?,22-,24+,25+,26?,28?,29?,30+/m0/s1. The molecule has 1 aromatic rings. The average Bonchev–Trinajstić information content (AvgIpc) is 3.47. The molecule has 38 heavy (non-hydrogen) atoms. The van der Waals surface area contributed by atoms with Crippen LogP contribution < -0.4 is 0 Å². The minimum Gasteiger partial charge on any atom is -0.393 e. The SMILES string of the molecule is CCC[C@@H]1O[C@@H]2CC3C4CCC5=CC(=O)C=CC5(C)C4[C@@H](O)CC3(C)[C@]2(C(=O)CSc2nc(C)c(C)s2)O1. The first-order chi connectivity index (χ1) is 18.0. The molecule has 5 aliphatic rings. The summed E-state index contributed by atoms with van der Waals surface area (Å²) in [5.41, 5.74) is 0.219. The Bertz CT molecular complexity index is 1200. The first kappa shape index (κ1) is 26.9. The fourth-order valence-electron chi connectivity index (χ4n) is 8.74. The predicted octanol–water partition coefficient (Wildman–Crippen LogP) is 5.59. The molecule has 4 fully saturated rings. The second kappa shape index (κ2) is 9.37. The number of aromatic nitrogens is 1. The number of ketones is 2. The first-order valence-corrected chi connectivity index (χ1v) is 15.9. The predicted molar refractivity (Wildman–Crippen MR) is 148 cm³/mol. The first-order valence-electron chi connectivity index (χ1n) is 14.1. The Morgan fingerprint density at radius 1 is 1.32 bits per heavy atom. The third-order valence-corrected chi connectivity index (χ3v) is 12.8. The highest BCUT2D eigenvalue weighted by atomic mass is 32.2. The lowest BCUT2D eigenvalue weighted by Crippen LogP contribution is -2.63. The Morgan fingerprint density at radius 3 is 2.82 bits per heavy atom. The van der Waals surface area contributed by atoms with Gasteiger partial charge in [0.15, 0.2) is 27.8 Å². The summed E-state index contributed by atoms with van der Waals surface area (Å²) in [5, 5.41) is 11.8. The van der Waals surface area contributed by atoms with Crippen LogP contribution >= 0.6 is 23.1 Å². The van der Waals surface area contributed by atoms with E-state index in [1.54, 1.807) is 23.5 Å². The van der Waals surface area contributed by atoms with Crippen LogP contribution in [0.4, 0.5) is 0 Å². The van der Waals surface area contributed by atoms with E-state index in [4.69, 9.17) is 9.47 Å². The number of aliphatic hydroxyl groups excluding tert-OH is 1. The molecule has 1 N–H and O–H groups in total. The van der Waals surface area contributed by atoms with E-state index < -0.39 is 17.1 Å². The number of carbonyl (C=O) groups excluding carboxylic acids is 2. The maximum absolute atomic E-state index is 14.3. The van der Waals surface area contributed by atoms with Crippen molar-refractivity contribution >= 4 is 34.7 Å². The fraction of sp³-hybridized carbons (Fsp3) is 0.700. The average molecular weight is 558 g/mol. The van der Waals surface area contributed by atoms with Crippen molar-refractivity contribution < 1.29 is 24.2 Å². The van der Waals surface area contributed by atoms with Gasteiger partial charge >= 0.3 is 0 Å². The molecular weight excluding hydrogens is 518 g/mol. The highest BCUT2D eigenvalue weighted by Crippen LogP contribution is 2.69. The van der Waals surface area contributed by atoms with Crippen molar-refractivity contribution in [3.05, 3.63) is 34.4 Å². The molecule has 3 saturated carbocycles. The van der Waals surface area contributed by atoms with E-state index >= 15 is 0 Å². The van der Waals surface area contributed by atoms with Gasteiger partial charge in [-0.2, -0.15) is 0 Å². The molecule has 9 atom stereocenters. The van der Waals surface area contributed by atoms with Gasteiger partial charge in [-0.25, -0.2) is 4.98 Å². The van der Waals surface area contributed by atoms with Crippen LogP contribution in [0.15, 0.2) is 28.1 Å². The highest BCUT2D eigenvalue weighted by molar-refractivity contribution is 8.01. The largest absolute Gasteiger partial charge is 0.393 e. The molecule has 0 amide bonds. The van der Waals surface area contributed by atoms with Crippen LogP contribution in [0.25, 0.3) is 0 Å². The van der Waals surface area contributed by atoms with Gasteiger partial charge in [0.2, 0.25) is 0 Å². The topological polar surface area (TPSA) is 85.7 Å². The number of allylic oxidation sites excluding steroid dienone is 4. The Balaban J connectivity index is 1.34. The molecule has 0 bridgehead atoms. The van der Waals surface area contributed by atoms with E-state index in [2.05, 4.69) is 32.7 Å². The van der Waals surface area contributed by atoms with Crippen LogP contribution in [0.2, 0.25) is 0 Å². The number of carbonyl (C=O) groups is 2. The lowest BCUT2D eigenvalue weighted by Gasteiger charge is -2.59. The molecule has 0 radical (unpaired) electrons. The lowest BCUT2D eigenvalue weighted by atomic mass is 9.46. The maximum atomic E-state index is 14.3. The van der Waals surface area contributed by atoms with Crippen LogP contribution in [0.3, 0.4) is 0 Å². The Morgan fingerprint density at radius 2 is 2.11 bits per heavy atom. The number of aliphatic hydroxyl groups is 1. The van der Waals surface area contributed by atoms with E-state index in [0.29, 0.717) is 6.42 Å². The smallest absolute Gasteiger partial charge is 0.178 e. The van der Waals surface area contributed by atoms with E-state index in [9.17, 15) is 14.7 Å². The number of aryl methyl sites for hydroxylation is 2. The number of hydrogen-bond acceptors (Lipinski definition) is 8. The third-order valence-electron chi connectivity index (χ3n) is 10.6. The Kier molecular flexibility index (Phi) is 6.63. The minimum absolute atomic E-state index is 0.0120. The van der Waals surface area contributed by atoms with E-state index in [1.165, 1.54) is 16.6 Å². The highest BCUT2D eigenvalue weighted by Gasteiger charge is 2.75. The molecule has 8 heteroatoms. The molecular formula is C30H39NO5S2. The number of ether oxygens (including phenoxy) is 2. The van der Waals surface area contributed by atoms with Crippen molar-refractivity contribution in [2.75, 3.05) is 5.75 Å². The molecule has 1 aromatic heterocycles. The molecule has 1 aliphatic heterocycles. The number of Topliss-reactive ketones (excluding diaryl/α,β-unsaturated/α-hetero) is 1. The van der Waals surface area contributed by atoms with Gasteiger partial charge in [0.1, 0.15) is 0 Å². The summed E-state index contributed by atoms with van der Waals surface area (Å²) in [6.45, 7) is 10.5. The number of nitrogens with zero attached hydrogens (tertiary/aromatic N) is 1. The van der Waals surface area contributed by atoms with Gasteiger partial charge in [0, 0.05) is 21.6 Å². The normalized spacial score (nSPS) is 43.3. The zero-order chi connectivity index (χ0) is 27.0. The van der Waals surface area contributed by atoms with Crippen LogP contribution in [-0.4, -0.2) is 51.5 Å². The molecule has 0 spiro atoms. The Hall–Kier alpha value is -1.32. The van der Waals surface area contributed by atoms with Crippen molar-refractivity contribution in [1.29, 1.82) is 0 Å². The van der Waals surface area contributed by atoms with E-state index in [0.717, 1.165) is 47.7 Å². The van der Waals surface area contributed by atoms with Crippen LogP contribution in [0.5, 0.6) is 0 Å². The molecule has 6 rings (SSSR count). The summed E-state index contributed by atoms with van der Waals surface area (Å²) < 4.78 is 14.2. The second-order valence-corrected chi connectivity index (χ2v) is 14.9. The zero-order valence-corrected chi connectivity index (χ0v) is 24.6. The molecule has 2 heterocycles. The van der Waals surface area contributed by atoms with Gasteiger partial charge in [0.05, 0.1) is 23.7 Å². The van der Waals surface area contributed by atoms with Gasteiger partial charge in [-0.3, -0.25) is 9.59 Å². The summed E-state index contributed by atoms with van der Waals surface area (Å²) in [6.07, 6.45) is 8.89. The van der Waals surface area contributed by atoms with E-state index in [-0.39, 0.29) is 52.9 Å². The second-order valence-electron chi connectivity index (χ2n) is 12.5. The third kappa shape index (κ3) is 3.73. The molecule has 206 valence electrons. The van der Waals surface area contributed by atoms with Crippen LogP contribution in [-0.2, 0) is 19.1 Å². The number of fused-ring (bicyclic) bond motifs is 7.